The molecule has 2 unspecified atom stereocenters. The number of hydrogen-bond donors (Lipinski definition) is 4. The lowest BCUT2D eigenvalue weighted by Crippen LogP contribution is -2.75. The first-order valence-electron chi connectivity index (χ1n) is 16.4. The zero-order valence-electron chi connectivity index (χ0n) is 26.8. The molecule has 3 heterocycles. The number of fused-ring (bicyclic) bond motifs is 9. The molecular weight excluding hydrogens is 584 g/mol. The van der Waals surface area contributed by atoms with Crippen LogP contribution in [0, 0.1) is 11.3 Å². The number of nitrogens with one attached hydrogen (secondary N) is 2. The number of amides is 1. The Hall–Kier alpha value is -3.34. The van der Waals surface area contributed by atoms with Gasteiger partial charge in [0.25, 0.3) is 0 Å². The summed E-state index contributed by atoms with van der Waals surface area (Å²) >= 11 is 0. The summed E-state index contributed by atoms with van der Waals surface area (Å²) in [5.74, 6) is -1.78. The van der Waals surface area contributed by atoms with Gasteiger partial charge in [0.05, 0.1) is 12.2 Å². The molecule has 2 aromatic carbocycles. The van der Waals surface area contributed by atoms with Crippen LogP contribution in [0.5, 0.6) is 0 Å². The molecule has 2 bridgehead atoms. The van der Waals surface area contributed by atoms with E-state index in [1.807, 2.05) is 44.2 Å². The number of aliphatic hydroxyl groups excluding tert-OH is 1. The van der Waals surface area contributed by atoms with Crippen LogP contribution in [0.3, 0.4) is 0 Å². The highest BCUT2D eigenvalue weighted by molar-refractivity contribution is 5.97. The molecule has 46 heavy (non-hydrogen) atoms. The molecule has 5 aliphatic rings. The molecule has 8 rings (SSSR count). The summed E-state index contributed by atoms with van der Waals surface area (Å²) in [6, 6.07) is 17.5. The molecular formula is C37H42N2O7. The van der Waals surface area contributed by atoms with Gasteiger partial charge in [-0.15, -0.1) is 0 Å². The summed E-state index contributed by atoms with van der Waals surface area (Å²) in [6.45, 7) is 7.77. The molecule has 1 amide bonds. The Morgan fingerprint density at radius 1 is 1.09 bits per heavy atom. The van der Waals surface area contributed by atoms with Gasteiger partial charge in [-0.05, 0) is 62.3 Å². The number of ketones is 1. The average Bonchev–Trinajstić information content (AvgIpc) is 3.63. The van der Waals surface area contributed by atoms with Crippen molar-refractivity contribution in [2.75, 3.05) is 13.2 Å². The van der Waals surface area contributed by atoms with Crippen LogP contribution in [0.1, 0.15) is 69.9 Å². The molecule has 2 aliphatic heterocycles. The molecule has 8 atom stereocenters. The first-order chi connectivity index (χ1) is 21.8. The number of aromatic amines is 1. The summed E-state index contributed by atoms with van der Waals surface area (Å²) in [5.41, 5.74) is 0.663. The number of H-pyrrole nitrogens is 1. The number of rotatable bonds is 6. The van der Waals surface area contributed by atoms with Crippen molar-refractivity contribution in [2.24, 2.45) is 11.3 Å². The molecule has 3 aliphatic carbocycles. The topological polar surface area (TPSA) is 130 Å². The predicted molar refractivity (Wildman–Crippen MR) is 170 cm³/mol. The fraction of sp³-hybridized carbons (Fsp3) is 0.514. The number of para-hydroxylation sites is 1. The van der Waals surface area contributed by atoms with Gasteiger partial charge in [0.2, 0.25) is 5.91 Å². The zero-order chi connectivity index (χ0) is 32.3. The van der Waals surface area contributed by atoms with Crippen LogP contribution in [0.2, 0.25) is 0 Å². The Morgan fingerprint density at radius 3 is 2.61 bits per heavy atom. The van der Waals surface area contributed by atoms with Crippen molar-refractivity contribution in [1.29, 1.82) is 0 Å². The van der Waals surface area contributed by atoms with Crippen molar-refractivity contribution in [3.05, 3.63) is 83.1 Å². The van der Waals surface area contributed by atoms with E-state index in [-0.39, 0.29) is 24.9 Å². The van der Waals surface area contributed by atoms with Gasteiger partial charge in [0.1, 0.15) is 17.8 Å². The van der Waals surface area contributed by atoms with Gasteiger partial charge in [-0.3, -0.25) is 9.59 Å². The zero-order valence-corrected chi connectivity index (χ0v) is 26.8. The Morgan fingerprint density at radius 2 is 1.83 bits per heavy atom. The van der Waals surface area contributed by atoms with Gasteiger partial charge < -0.3 is 34.7 Å². The first-order valence-corrected chi connectivity index (χ1v) is 16.4. The Bertz CT molecular complexity index is 1780. The second-order valence-electron chi connectivity index (χ2n) is 14.9. The van der Waals surface area contributed by atoms with E-state index in [1.54, 1.807) is 18.2 Å². The molecule has 4 N–H and O–H groups in total. The fourth-order valence-corrected chi connectivity index (χ4v) is 9.82. The smallest absolute Gasteiger partial charge is 0.246 e. The summed E-state index contributed by atoms with van der Waals surface area (Å²) in [6.07, 6.45) is 1.42. The summed E-state index contributed by atoms with van der Waals surface area (Å²) < 4.78 is 19.5. The average molecular weight is 627 g/mol. The van der Waals surface area contributed by atoms with E-state index in [0.29, 0.717) is 30.4 Å². The molecule has 242 valence electrons. The largest absolute Gasteiger partial charge is 0.387 e. The highest BCUT2D eigenvalue weighted by atomic mass is 16.8. The number of aromatic nitrogens is 1. The normalized spacial score (nSPS) is 37.6. The molecule has 3 aromatic rings. The van der Waals surface area contributed by atoms with E-state index in [1.165, 1.54) is 10.9 Å². The van der Waals surface area contributed by atoms with E-state index in [2.05, 4.69) is 36.3 Å². The van der Waals surface area contributed by atoms with E-state index in [9.17, 15) is 19.8 Å². The molecule has 1 aromatic heterocycles. The first kappa shape index (κ1) is 30.0. The van der Waals surface area contributed by atoms with Crippen LogP contribution in [0.15, 0.2) is 66.2 Å². The molecule has 9 heteroatoms. The van der Waals surface area contributed by atoms with Crippen molar-refractivity contribution in [1.82, 2.24) is 10.3 Å². The van der Waals surface area contributed by atoms with E-state index in [4.69, 9.17) is 14.2 Å². The van der Waals surface area contributed by atoms with Crippen molar-refractivity contribution in [2.45, 2.75) is 94.1 Å². The highest BCUT2D eigenvalue weighted by Gasteiger charge is 2.78. The predicted octanol–water partition coefficient (Wildman–Crippen LogP) is 4.17. The number of ether oxygens (including phenoxy) is 3. The second kappa shape index (κ2) is 9.84. The monoisotopic (exact) mass is 626 g/mol. The quantitative estimate of drug-likeness (QED) is 0.323. The van der Waals surface area contributed by atoms with Crippen molar-refractivity contribution in [3.63, 3.8) is 0 Å². The summed E-state index contributed by atoms with van der Waals surface area (Å²) in [5, 5.41) is 27.9. The fourth-order valence-electron chi connectivity index (χ4n) is 9.82. The van der Waals surface area contributed by atoms with Crippen LogP contribution in [0.4, 0.5) is 0 Å². The van der Waals surface area contributed by atoms with Crippen molar-refractivity contribution < 1.29 is 34.0 Å². The van der Waals surface area contributed by atoms with Gasteiger partial charge in [0.15, 0.2) is 17.7 Å². The number of benzene rings is 2. The molecule has 2 saturated carbocycles. The molecule has 3 fully saturated rings. The van der Waals surface area contributed by atoms with Crippen molar-refractivity contribution in [3.8, 4) is 0 Å². The Labute approximate surface area is 268 Å². The maximum absolute atomic E-state index is 13.6. The van der Waals surface area contributed by atoms with Gasteiger partial charge in [-0.2, -0.15) is 0 Å². The SMILES string of the molecule is CC1(C)O[C@@]23CCC4(C)[C@@]5(C)c6[nH]c7ccccc7c6C[C@@H]5C[C@H](OCC(=O)NC[C@H](O)c5ccccc5)[C@@]4(O)C2=CC(=O)C1O3. The number of carbonyl (C=O) groups is 2. The third-order valence-electron chi connectivity index (χ3n) is 12.3. The molecule has 9 nitrogen and oxygen atoms in total. The van der Waals surface area contributed by atoms with Crippen LogP contribution in [-0.4, -0.2) is 69.2 Å². The lowest BCUT2D eigenvalue weighted by Gasteiger charge is -2.67. The van der Waals surface area contributed by atoms with Crippen LogP contribution >= 0.6 is 0 Å². The van der Waals surface area contributed by atoms with Gasteiger partial charge in [-0.25, -0.2) is 0 Å². The van der Waals surface area contributed by atoms with Crippen LogP contribution in [-0.2, 0) is 35.6 Å². The number of aliphatic hydroxyl groups is 2. The number of hydrogen-bond acceptors (Lipinski definition) is 7. The minimum atomic E-state index is -1.69. The highest BCUT2D eigenvalue weighted by Crippen LogP contribution is 2.72. The molecule has 0 radical (unpaired) electrons. The van der Waals surface area contributed by atoms with E-state index < -0.39 is 52.0 Å². The minimum Gasteiger partial charge on any atom is -0.387 e. The maximum atomic E-state index is 13.6. The van der Waals surface area contributed by atoms with Crippen molar-refractivity contribution >= 4 is 22.6 Å². The summed E-state index contributed by atoms with van der Waals surface area (Å²) in [7, 11) is 0. The minimum absolute atomic E-state index is 0.0299. The Kier molecular flexibility index (Phi) is 6.42. The standard InChI is InChI=1S/C37H42N2O7/c1-33(2)32-26(40)18-28-36(45-32,46-33)15-14-34(3)35(4)22(16-24-23-12-8-9-13-25(23)39-31(24)35)17-29(37(28,34)43)44-20-30(42)38-19-27(41)21-10-6-5-7-11-21/h5-13,18,22,27,29,32,39,41,43H,14-17,19-20H2,1-4H3,(H,38,42)/t22-,27+,29+,32?,34?,35-,36+,37+/m1/s1. The lowest BCUT2D eigenvalue weighted by atomic mass is 9.41. The lowest BCUT2D eigenvalue weighted by molar-refractivity contribution is -0.279. The Balaban J connectivity index is 1.16. The van der Waals surface area contributed by atoms with E-state index >= 15 is 0 Å². The van der Waals surface area contributed by atoms with E-state index in [0.717, 1.165) is 17.6 Å². The van der Waals surface area contributed by atoms with Crippen LogP contribution in [0.25, 0.3) is 10.9 Å². The third-order valence-corrected chi connectivity index (χ3v) is 12.3. The van der Waals surface area contributed by atoms with Gasteiger partial charge in [0, 0.05) is 46.0 Å². The number of carbonyl (C=O) groups excluding carboxylic acids is 2. The molecule has 1 saturated heterocycles. The summed E-state index contributed by atoms with van der Waals surface area (Å²) in [4.78, 5) is 30.4. The van der Waals surface area contributed by atoms with Gasteiger partial charge >= 0.3 is 0 Å². The second-order valence-corrected chi connectivity index (χ2v) is 14.9. The molecule has 1 spiro atoms. The third kappa shape index (κ3) is 3.80. The van der Waals surface area contributed by atoms with Crippen LogP contribution < -0.4 is 5.32 Å². The maximum Gasteiger partial charge on any atom is 0.246 e. The van der Waals surface area contributed by atoms with Gasteiger partial charge in [-0.1, -0.05) is 62.4 Å².